The Kier molecular flexibility index (Phi) is 5.67. The second kappa shape index (κ2) is 7.93. The number of piperidine rings is 1. The third-order valence-electron chi connectivity index (χ3n) is 5.34. The summed E-state index contributed by atoms with van der Waals surface area (Å²) in [6, 6.07) is 21.4. The summed E-state index contributed by atoms with van der Waals surface area (Å²) in [7, 11) is 1.85. The number of hydrogen-bond donors (Lipinski definition) is 1. The van der Waals surface area contributed by atoms with Crippen LogP contribution in [0.15, 0.2) is 60.7 Å². The number of ether oxygens (including phenoxy) is 1. The molecule has 2 aromatic rings. The van der Waals surface area contributed by atoms with Crippen molar-refractivity contribution < 1.29 is 4.74 Å². The van der Waals surface area contributed by atoms with Gasteiger partial charge in [0.15, 0.2) is 0 Å². The predicted molar refractivity (Wildman–Crippen MR) is 98.9 cm³/mol. The summed E-state index contributed by atoms with van der Waals surface area (Å²) in [5.41, 5.74) is 7.84. The third kappa shape index (κ3) is 3.25. The third-order valence-corrected chi connectivity index (χ3v) is 5.34. The first-order valence-electron chi connectivity index (χ1n) is 8.90. The highest BCUT2D eigenvalue weighted by molar-refractivity contribution is 5.37. The Hall–Kier alpha value is -1.68. The number of methoxy groups -OCH3 is 1. The monoisotopic (exact) mass is 324 g/mol. The van der Waals surface area contributed by atoms with Crippen LogP contribution in [0.5, 0.6) is 0 Å². The molecule has 1 fully saturated rings. The van der Waals surface area contributed by atoms with Gasteiger partial charge in [0.1, 0.15) is 5.60 Å². The normalized spacial score (nSPS) is 17.1. The van der Waals surface area contributed by atoms with Crippen molar-refractivity contribution in [3.63, 3.8) is 0 Å². The molecule has 0 amide bonds. The fourth-order valence-corrected chi connectivity index (χ4v) is 4.16. The Labute approximate surface area is 145 Å². The van der Waals surface area contributed by atoms with E-state index in [1.54, 1.807) is 0 Å². The molecule has 0 bridgehead atoms. The molecule has 1 heterocycles. The molecule has 0 atom stereocenters. The zero-order valence-electron chi connectivity index (χ0n) is 14.5. The van der Waals surface area contributed by atoms with Crippen molar-refractivity contribution >= 4 is 0 Å². The lowest BCUT2D eigenvalue weighted by Crippen LogP contribution is -2.46. The lowest BCUT2D eigenvalue weighted by Gasteiger charge is -2.44. The van der Waals surface area contributed by atoms with E-state index in [1.165, 1.54) is 11.1 Å². The van der Waals surface area contributed by atoms with E-state index in [9.17, 15) is 0 Å². The van der Waals surface area contributed by atoms with E-state index in [2.05, 4.69) is 65.6 Å². The van der Waals surface area contributed by atoms with Crippen LogP contribution in [0.25, 0.3) is 0 Å². The van der Waals surface area contributed by atoms with Crippen molar-refractivity contribution in [2.45, 2.75) is 18.4 Å². The Morgan fingerprint density at radius 3 is 1.88 bits per heavy atom. The summed E-state index contributed by atoms with van der Waals surface area (Å²) < 4.78 is 6.30. The summed E-state index contributed by atoms with van der Waals surface area (Å²) >= 11 is 0. The maximum atomic E-state index is 6.30. The van der Waals surface area contributed by atoms with Crippen molar-refractivity contribution in [2.24, 2.45) is 11.7 Å². The number of hydrogen-bond acceptors (Lipinski definition) is 3. The van der Waals surface area contributed by atoms with Gasteiger partial charge in [-0.2, -0.15) is 0 Å². The van der Waals surface area contributed by atoms with Crippen LogP contribution in [0.3, 0.4) is 0 Å². The first-order valence-corrected chi connectivity index (χ1v) is 8.90. The Balaban J connectivity index is 1.97. The van der Waals surface area contributed by atoms with Crippen molar-refractivity contribution in [3.8, 4) is 0 Å². The minimum Gasteiger partial charge on any atom is -0.368 e. The lowest BCUT2D eigenvalue weighted by atomic mass is 9.71. The summed E-state index contributed by atoms with van der Waals surface area (Å²) in [6.45, 7) is 3.90. The topological polar surface area (TPSA) is 38.5 Å². The number of benzene rings is 2. The van der Waals surface area contributed by atoms with Crippen LogP contribution >= 0.6 is 0 Å². The van der Waals surface area contributed by atoms with Crippen molar-refractivity contribution in [1.82, 2.24) is 4.90 Å². The summed E-state index contributed by atoms with van der Waals surface area (Å²) in [5, 5.41) is 0. The SMILES string of the molecule is COC(c1ccccc1)(c1ccccc1)C1CCN(CCN)CC1. The van der Waals surface area contributed by atoms with Crippen LogP contribution in [-0.2, 0) is 10.3 Å². The zero-order chi connectivity index (χ0) is 16.8. The van der Waals surface area contributed by atoms with E-state index in [0.29, 0.717) is 5.92 Å². The summed E-state index contributed by atoms with van der Waals surface area (Å²) in [4.78, 5) is 2.47. The first-order chi connectivity index (χ1) is 11.8. The smallest absolute Gasteiger partial charge is 0.121 e. The molecule has 0 saturated carbocycles. The van der Waals surface area contributed by atoms with E-state index in [0.717, 1.165) is 39.0 Å². The van der Waals surface area contributed by atoms with Gasteiger partial charge < -0.3 is 15.4 Å². The van der Waals surface area contributed by atoms with Crippen molar-refractivity contribution in [2.75, 3.05) is 33.3 Å². The molecule has 0 spiro atoms. The molecule has 1 aliphatic rings. The molecule has 0 unspecified atom stereocenters. The van der Waals surface area contributed by atoms with Gasteiger partial charge in [0.2, 0.25) is 0 Å². The summed E-state index contributed by atoms with van der Waals surface area (Å²) in [5.74, 6) is 0.460. The van der Waals surface area contributed by atoms with E-state index in [1.807, 2.05) is 7.11 Å². The Morgan fingerprint density at radius 1 is 0.958 bits per heavy atom. The van der Waals surface area contributed by atoms with Gasteiger partial charge >= 0.3 is 0 Å². The second-order valence-corrected chi connectivity index (χ2v) is 6.58. The van der Waals surface area contributed by atoms with E-state index >= 15 is 0 Å². The van der Waals surface area contributed by atoms with E-state index in [-0.39, 0.29) is 5.60 Å². The van der Waals surface area contributed by atoms with Gasteiger partial charge in [-0.1, -0.05) is 60.7 Å². The van der Waals surface area contributed by atoms with Crippen LogP contribution in [-0.4, -0.2) is 38.2 Å². The van der Waals surface area contributed by atoms with Crippen molar-refractivity contribution in [3.05, 3.63) is 71.8 Å². The molecule has 1 saturated heterocycles. The molecule has 2 N–H and O–H groups in total. The molecular formula is C21H28N2O. The van der Waals surface area contributed by atoms with Crippen molar-refractivity contribution in [1.29, 1.82) is 0 Å². The van der Waals surface area contributed by atoms with E-state index in [4.69, 9.17) is 10.5 Å². The van der Waals surface area contributed by atoms with Gasteiger partial charge in [0, 0.05) is 20.2 Å². The largest absolute Gasteiger partial charge is 0.368 e. The fourth-order valence-electron chi connectivity index (χ4n) is 4.16. The number of nitrogens with zero attached hydrogens (tertiary/aromatic N) is 1. The molecule has 24 heavy (non-hydrogen) atoms. The summed E-state index contributed by atoms with van der Waals surface area (Å²) in [6.07, 6.45) is 2.25. The highest BCUT2D eigenvalue weighted by Gasteiger charge is 2.43. The van der Waals surface area contributed by atoms with Crippen LogP contribution in [0.4, 0.5) is 0 Å². The molecule has 2 aromatic carbocycles. The van der Waals surface area contributed by atoms with Gasteiger partial charge in [-0.3, -0.25) is 0 Å². The minimum atomic E-state index is -0.378. The number of nitrogens with two attached hydrogens (primary N) is 1. The molecule has 1 aliphatic heterocycles. The van der Waals surface area contributed by atoms with Gasteiger partial charge in [-0.05, 0) is 43.0 Å². The maximum absolute atomic E-state index is 6.30. The standard InChI is InChI=1S/C21H28N2O/c1-24-21(18-8-4-2-5-9-18,19-10-6-3-7-11-19)20-12-15-23(16-13-20)17-14-22/h2-11,20H,12-17,22H2,1H3. The highest BCUT2D eigenvalue weighted by Crippen LogP contribution is 2.44. The molecule has 0 radical (unpaired) electrons. The molecule has 3 rings (SSSR count). The molecular weight excluding hydrogens is 296 g/mol. The molecule has 3 heteroatoms. The number of rotatable bonds is 6. The van der Waals surface area contributed by atoms with Gasteiger partial charge in [-0.25, -0.2) is 0 Å². The highest BCUT2D eigenvalue weighted by atomic mass is 16.5. The maximum Gasteiger partial charge on any atom is 0.121 e. The quantitative estimate of drug-likeness (QED) is 0.886. The van der Waals surface area contributed by atoms with Crippen LogP contribution in [0.2, 0.25) is 0 Å². The van der Waals surface area contributed by atoms with E-state index < -0.39 is 0 Å². The molecule has 128 valence electrons. The molecule has 0 aliphatic carbocycles. The Bertz CT molecular complexity index is 567. The van der Waals surface area contributed by atoms with Gasteiger partial charge in [0.05, 0.1) is 0 Å². The molecule has 0 aromatic heterocycles. The fraction of sp³-hybridized carbons (Fsp3) is 0.429. The second-order valence-electron chi connectivity index (χ2n) is 6.58. The Morgan fingerprint density at radius 2 is 1.46 bits per heavy atom. The van der Waals surface area contributed by atoms with Crippen LogP contribution in [0.1, 0.15) is 24.0 Å². The zero-order valence-corrected chi connectivity index (χ0v) is 14.5. The van der Waals surface area contributed by atoms with Crippen LogP contribution in [0, 0.1) is 5.92 Å². The average Bonchev–Trinajstić information content (AvgIpc) is 2.66. The number of likely N-dealkylation sites (tertiary alicyclic amines) is 1. The minimum absolute atomic E-state index is 0.378. The lowest BCUT2D eigenvalue weighted by molar-refractivity contribution is -0.0505. The molecule has 3 nitrogen and oxygen atoms in total. The van der Waals surface area contributed by atoms with Gasteiger partial charge in [-0.15, -0.1) is 0 Å². The first kappa shape index (κ1) is 17.2. The predicted octanol–water partition coefficient (Wildman–Crippen LogP) is 3.25. The van der Waals surface area contributed by atoms with Crippen LogP contribution < -0.4 is 5.73 Å². The van der Waals surface area contributed by atoms with Gasteiger partial charge in [0.25, 0.3) is 0 Å². The average molecular weight is 324 g/mol.